The van der Waals surface area contributed by atoms with E-state index in [0.29, 0.717) is 24.4 Å². The molecule has 1 amide bonds. The lowest BCUT2D eigenvalue weighted by Gasteiger charge is -2.11. The average molecular weight is 424 g/mol. The van der Waals surface area contributed by atoms with Crippen molar-refractivity contribution in [1.29, 1.82) is 0 Å². The summed E-state index contributed by atoms with van der Waals surface area (Å²) in [5, 5.41) is 2.94. The van der Waals surface area contributed by atoms with Crippen LogP contribution in [0.2, 0.25) is 0 Å². The van der Waals surface area contributed by atoms with Gasteiger partial charge in [0.15, 0.2) is 5.58 Å². The lowest BCUT2D eigenvalue weighted by Crippen LogP contribution is -2.26. The predicted molar refractivity (Wildman–Crippen MR) is 108 cm³/mol. The molecule has 136 valence electrons. The summed E-state index contributed by atoms with van der Waals surface area (Å²) in [6, 6.07) is 17.5. The van der Waals surface area contributed by atoms with Crippen molar-refractivity contribution < 1.29 is 9.21 Å². The van der Waals surface area contributed by atoms with Crippen LogP contribution < -0.4 is 5.32 Å². The van der Waals surface area contributed by atoms with Crippen LogP contribution in [0.15, 0.2) is 69.7 Å². The summed E-state index contributed by atoms with van der Waals surface area (Å²) in [7, 11) is 0. The summed E-state index contributed by atoms with van der Waals surface area (Å²) < 4.78 is 8.75. The zero-order chi connectivity index (χ0) is 18.8. The van der Waals surface area contributed by atoms with Gasteiger partial charge in [-0.15, -0.1) is 0 Å². The fourth-order valence-electron chi connectivity index (χ4n) is 3.06. The summed E-state index contributed by atoms with van der Waals surface area (Å²) >= 11 is 3.46. The van der Waals surface area contributed by atoms with E-state index in [1.165, 1.54) is 0 Å². The zero-order valence-corrected chi connectivity index (χ0v) is 16.4. The van der Waals surface area contributed by atoms with Crippen LogP contribution in [-0.4, -0.2) is 15.5 Å². The van der Waals surface area contributed by atoms with Crippen molar-refractivity contribution in [3.63, 3.8) is 0 Å². The second-order valence-electron chi connectivity index (χ2n) is 6.35. The molecule has 0 aliphatic heterocycles. The Morgan fingerprint density at radius 1 is 1.19 bits per heavy atom. The topological polar surface area (TPSA) is 60.1 Å². The van der Waals surface area contributed by atoms with E-state index in [4.69, 9.17) is 4.42 Å². The number of fused-ring (bicyclic) bond motifs is 1. The summed E-state index contributed by atoms with van der Waals surface area (Å²) in [6.07, 6.45) is 1.72. The molecule has 4 rings (SSSR count). The molecule has 0 aliphatic rings. The highest BCUT2D eigenvalue weighted by molar-refractivity contribution is 9.10. The van der Waals surface area contributed by atoms with E-state index >= 15 is 0 Å². The zero-order valence-electron chi connectivity index (χ0n) is 14.8. The SMILES string of the molecule is Cc1cc2c(cc(C(=O)NCc3ccccn3)n2Cc2ccc(Br)cc2)o1. The minimum atomic E-state index is -0.151. The standard InChI is InChI=1S/C21H18BrN3O2/c1-14-10-18-20(27-14)11-19(21(26)24-12-17-4-2-3-9-23-17)25(18)13-15-5-7-16(22)8-6-15/h2-11H,12-13H2,1H3,(H,24,26). The molecule has 4 aromatic rings. The molecule has 0 unspecified atom stereocenters. The molecule has 1 N–H and O–H groups in total. The van der Waals surface area contributed by atoms with E-state index in [1.807, 2.05) is 60.0 Å². The molecule has 5 nitrogen and oxygen atoms in total. The Kier molecular flexibility index (Phi) is 4.81. The van der Waals surface area contributed by atoms with Crippen LogP contribution in [-0.2, 0) is 13.1 Å². The number of aromatic nitrogens is 2. The summed E-state index contributed by atoms with van der Waals surface area (Å²) in [5.74, 6) is 0.673. The number of hydrogen-bond donors (Lipinski definition) is 1. The van der Waals surface area contributed by atoms with Crippen molar-refractivity contribution in [3.05, 3.63) is 88.0 Å². The number of pyridine rings is 1. The number of furan rings is 1. The molecule has 0 spiro atoms. The minimum Gasteiger partial charge on any atom is -0.460 e. The second kappa shape index (κ2) is 7.40. The highest BCUT2D eigenvalue weighted by Crippen LogP contribution is 2.25. The van der Waals surface area contributed by atoms with E-state index in [0.717, 1.165) is 27.0 Å². The second-order valence-corrected chi connectivity index (χ2v) is 7.27. The third kappa shape index (κ3) is 3.80. The maximum Gasteiger partial charge on any atom is 0.268 e. The first-order valence-electron chi connectivity index (χ1n) is 8.62. The van der Waals surface area contributed by atoms with Gasteiger partial charge >= 0.3 is 0 Å². The highest BCUT2D eigenvalue weighted by atomic mass is 79.9. The summed E-state index contributed by atoms with van der Waals surface area (Å²) in [6.45, 7) is 2.87. The van der Waals surface area contributed by atoms with Crippen molar-refractivity contribution in [2.45, 2.75) is 20.0 Å². The van der Waals surface area contributed by atoms with Gasteiger partial charge in [-0.05, 0) is 36.8 Å². The van der Waals surface area contributed by atoms with Gasteiger partial charge in [0.25, 0.3) is 5.91 Å². The van der Waals surface area contributed by atoms with Gasteiger partial charge in [0.2, 0.25) is 0 Å². The van der Waals surface area contributed by atoms with E-state index in [-0.39, 0.29) is 5.91 Å². The van der Waals surface area contributed by atoms with E-state index < -0.39 is 0 Å². The number of nitrogens with zero attached hydrogens (tertiary/aromatic N) is 2. The van der Waals surface area contributed by atoms with E-state index in [1.54, 1.807) is 12.3 Å². The van der Waals surface area contributed by atoms with Crippen molar-refractivity contribution in [2.75, 3.05) is 0 Å². The molecule has 0 bridgehead atoms. The molecular formula is C21H18BrN3O2. The van der Waals surface area contributed by atoms with Crippen LogP contribution in [0.3, 0.4) is 0 Å². The van der Waals surface area contributed by atoms with Crippen LogP contribution in [0.5, 0.6) is 0 Å². The van der Waals surface area contributed by atoms with Gasteiger partial charge in [0.1, 0.15) is 11.5 Å². The largest absolute Gasteiger partial charge is 0.460 e. The number of nitrogens with one attached hydrogen (secondary N) is 1. The lowest BCUT2D eigenvalue weighted by molar-refractivity contribution is 0.0942. The van der Waals surface area contributed by atoms with Gasteiger partial charge in [0, 0.05) is 29.3 Å². The Balaban J connectivity index is 1.64. The Hall–Kier alpha value is -2.86. The third-order valence-electron chi connectivity index (χ3n) is 4.36. The molecular weight excluding hydrogens is 406 g/mol. The molecule has 0 atom stereocenters. The average Bonchev–Trinajstić information content (AvgIpc) is 3.19. The Bertz CT molecular complexity index is 1080. The van der Waals surface area contributed by atoms with Gasteiger partial charge in [0.05, 0.1) is 17.8 Å². The third-order valence-corrected chi connectivity index (χ3v) is 4.88. The Morgan fingerprint density at radius 3 is 2.74 bits per heavy atom. The van der Waals surface area contributed by atoms with Crippen molar-refractivity contribution in [3.8, 4) is 0 Å². The van der Waals surface area contributed by atoms with Crippen molar-refractivity contribution in [2.24, 2.45) is 0 Å². The molecule has 0 fully saturated rings. The van der Waals surface area contributed by atoms with Crippen LogP contribution in [0.4, 0.5) is 0 Å². The summed E-state index contributed by atoms with van der Waals surface area (Å²) in [4.78, 5) is 17.1. The Morgan fingerprint density at radius 2 is 2.00 bits per heavy atom. The maximum absolute atomic E-state index is 12.8. The number of rotatable bonds is 5. The molecule has 0 saturated carbocycles. The van der Waals surface area contributed by atoms with Gasteiger partial charge in [-0.3, -0.25) is 9.78 Å². The number of benzene rings is 1. The molecule has 6 heteroatoms. The number of amides is 1. The maximum atomic E-state index is 12.8. The summed E-state index contributed by atoms with van der Waals surface area (Å²) in [5.41, 5.74) is 4.12. The van der Waals surface area contributed by atoms with E-state index in [9.17, 15) is 4.79 Å². The van der Waals surface area contributed by atoms with Crippen LogP contribution in [0.25, 0.3) is 11.1 Å². The van der Waals surface area contributed by atoms with Crippen LogP contribution >= 0.6 is 15.9 Å². The van der Waals surface area contributed by atoms with Gasteiger partial charge < -0.3 is 14.3 Å². The van der Waals surface area contributed by atoms with Gasteiger partial charge in [-0.1, -0.05) is 34.1 Å². The van der Waals surface area contributed by atoms with E-state index in [2.05, 4.69) is 26.2 Å². The molecule has 27 heavy (non-hydrogen) atoms. The van der Waals surface area contributed by atoms with Gasteiger partial charge in [-0.25, -0.2) is 0 Å². The lowest BCUT2D eigenvalue weighted by atomic mass is 10.2. The molecule has 0 aliphatic carbocycles. The number of carbonyl (C=O) groups is 1. The number of hydrogen-bond acceptors (Lipinski definition) is 3. The Labute approximate surface area is 165 Å². The molecule has 0 saturated heterocycles. The van der Waals surface area contributed by atoms with Gasteiger partial charge in [-0.2, -0.15) is 0 Å². The number of carbonyl (C=O) groups excluding carboxylic acids is 1. The minimum absolute atomic E-state index is 0.151. The highest BCUT2D eigenvalue weighted by Gasteiger charge is 2.18. The molecule has 3 aromatic heterocycles. The number of halogens is 1. The quantitative estimate of drug-likeness (QED) is 0.506. The first-order chi connectivity index (χ1) is 13.1. The number of aryl methyl sites for hydroxylation is 1. The molecule has 3 heterocycles. The van der Waals surface area contributed by atoms with Crippen LogP contribution in [0.1, 0.15) is 27.5 Å². The smallest absolute Gasteiger partial charge is 0.268 e. The van der Waals surface area contributed by atoms with Crippen LogP contribution in [0, 0.1) is 6.92 Å². The van der Waals surface area contributed by atoms with Crippen molar-refractivity contribution in [1.82, 2.24) is 14.9 Å². The normalized spacial score (nSPS) is 11.0. The molecule has 1 aromatic carbocycles. The fourth-order valence-corrected chi connectivity index (χ4v) is 3.32. The molecule has 0 radical (unpaired) electrons. The fraction of sp³-hybridized carbons (Fsp3) is 0.143. The first kappa shape index (κ1) is 17.5. The predicted octanol–water partition coefficient (Wildman–Crippen LogP) is 4.68. The monoisotopic (exact) mass is 423 g/mol. The first-order valence-corrected chi connectivity index (χ1v) is 9.42. The van der Waals surface area contributed by atoms with Crippen molar-refractivity contribution >= 4 is 32.9 Å².